The van der Waals surface area contributed by atoms with Crippen molar-refractivity contribution in [3.63, 3.8) is 0 Å². The highest BCUT2D eigenvalue weighted by Crippen LogP contribution is 2.07. The third kappa shape index (κ3) is 5.96. The summed E-state index contributed by atoms with van der Waals surface area (Å²) in [5, 5.41) is 0. The topological polar surface area (TPSA) is 44.0 Å². The predicted molar refractivity (Wildman–Crippen MR) is 96.0 cm³/mol. The van der Waals surface area contributed by atoms with E-state index in [9.17, 15) is 9.59 Å². The average Bonchev–Trinajstić information content (AvgIpc) is 2.47. The molecule has 0 aromatic carbocycles. The molecule has 0 spiro atoms. The Kier molecular flexibility index (Phi) is 8.96. The van der Waals surface area contributed by atoms with Crippen molar-refractivity contribution in [3.05, 3.63) is 30.6 Å². The van der Waals surface area contributed by atoms with Crippen LogP contribution in [-0.4, -0.2) is 9.13 Å². The molecule has 0 amide bonds. The summed E-state index contributed by atoms with van der Waals surface area (Å²) in [6.07, 6.45) is 10.9. The second-order valence-corrected chi connectivity index (χ2v) is 6.69. The number of halogens is 1. The first-order valence-corrected chi connectivity index (χ1v) is 9.19. The number of unbranched alkanes of at least 4 members (excludes halogenated alkanes) is 6. The lowest BCUT2D eigenvalue weighted by Gasteiger charge is -2.10. The monoisotopic (exact) mass is 406 g/mol. The van der Waals surface area contributed by atoms with E-state index in [-0.39, 0.29) is 11.2 Å². The van der Waals surface area contributed by atoms with Crippen LogP contribution in [0, 0.1) is 3.57 Å². The Balaban J connectivity index is 2.58. The molecular weight excluding hydrogens is 379 g/mol. The number of hydrogen-bond donors (Lipinski definition) is 0. The first-order chi connectivity index (χ1) is 10.1. The molecule has 0 saturated heterocycles. The molecule has 0 N–H and O–H groups in total. The quantitative estimate of drug-likeness (QED) is 0.439. The van der Waals surface area contributed by atoms with Gasteiger partial charge in [0.15, 0.2) is 0 Å². The van der Waals surface area contributed by atoms with E-state index < -0.39 is 0 Å². The largest absolute Gasteiger partial charge is 0.331 e. The minimum Gasteiger partial charge on any atom is -0.299 e. The van der Waals surface area contributed by atoms with Gasteiger partial charge in [-0.05, 0) is 35.4 Å². The first kappa shape index (κ1) is 18.5. The van der Waals surface area contributed by atoms with Crippen molar-refractivity contribution in [2.24, 2.45) is 0 Å². The highest BCUT2D eigenvalue weighted by atomic mass is 127. The molecule has 1 rings (SSSR count). The maximum Gasteiger partial charge on any atom is 0.331 e. The van der Waals surface area contributed by atoms with E-state index in [1.165, 1.54) is 36.7 Å². The number of nitrogens with zero attached hydrogens (tertiary/aromatic N) is 2. The van der Waals surface area contributed by atoms with Gasteiger partial charge in [0.25, 0.3) is 5.56 Å². The third-order valence-electron chi connectivity index (χ3n) is 3.65. The van der Waals surface area contributed by atoms with E-state index in [1.807, 2.05) is 29.5 Å². The fourth-order valence-corrected chi connectivity index (χ4v) is 3.07. The minimum absolute atomic E-state index is 0.140. The van der Waals surface area contributed by atoms with Gasteiger partial charge in [0, 0.05) is 19.3 Å². The molecule has 0 aliphatic heterocycles. The molecule has 0 atom stereocenters. The molecule has 1 aromatic heterocycles. The van der Waals surface area contributed by atoms with E-state index in [4.69, 9.17) is 0 Å². The zero-order valence-corrected chi connectivity index (χ0v) is 15.4. The Morgan fingerprint density at radius 3 is 2.14 bits per heavy atom. The molecule has 4 nitrogen and oxygen atoms in total. The lowest BCUT2D eigenvalue weighted by atomic mass is 10.1. The van der Waals surface area contributed by atoms with Crippen LogP contribution in [0.2, 0.25) is 0 Å². The maximum absolute atomic E-state index is 12.3. The molecule has 5 heteroatoms. The molecule has 120 valence electrons. The summed E-state index contributed by atoms with van der Waals surface area (Å²) in [7, 11) is 0. The van der Waals surface area contributed by atoms with Crippen molar-refractivity contribution in [1.82, 2.24) is 9.13 Å². The van der Waals surface area contributed by atoms with E-state index in [0.29, 0.717) is 16.7 Å². The van der Waals surface area contributed by atoms with Crippen LogP contribution in [0.4, 0.5) is 0 Å². The van der Waals surface area contributed by atoms with E-state index in [0.717, 1.165) is 19.3 Å². The van der Waals surface area contributed by atoms with Gasteiger partial charge in [0.05, 0.1) is 3.57 Å². The fourth-order valence-electron chi connectivity index (χ4n) is 2.44. The first-order valence-electron chi connectivity index (χ1n) is 8.11. The normalized spacial score (nSPS) is 11.0. The molecule has 1 aromatic rings. The zero-order valence-electron chi connectivity index (χ0n) is 13.2. The molecule has 21 heavy (non-hydrogen) atoms. The van der Waals surface area contributed by atoms with Gasteiger partial charge < -0.3 is 0 Å². The van der Waals surface area contributed by atoms with Crippen molar-refractivity contribution in [2.45, 2.75) is 78.3 Å². The maximum atomic E-state index is 12.3. The van der Waals surface area contributed by atoms with Crippen LogP contribution in [0.25, 0.3) is 0 Å². The van der Waals surface area contributed by atoms with Gasteiger partial charge in [-0.1, -0.05) is 52.4 Å². The summed E-state index contributed by atoms with van der Waals surface area (Å²) >= 11 is 2.02. The molecule has 0 radical (unpaired) electrons. The summed E-state index contributed by atoms with van der Waals surface area (Å²) in [5.41, 5.74) is -0.299. The van der Waals surface area contributed by atoms with E-state index in [2.05, 4.69) is 6.92 Å². The lowest BCUT2D eigenvalue weighted by Crippen LogP contribution is -2.40. The van der Waals surface area contributed by atoms with Crippen LogP contribution in [0.5, 0.6) is 0 Å². The van der Waals surface area contributed by atoms with Gasteiger partial charge in [0.2, 0.25) is 0 Å². The number of rotatable bonds is 10. The van der Waals surface area contributed by atoms with Gasteiger partial charge in [0.1, 0.15) is 0 Å². The molecular formula is C16H27IN2O2. The summed E-state index contributed by atoms with van der Waals surface area (Å²) in [6, 6.07) is 0. The Morgan fingerprint density at radius 1 is 0.905 bits per heavy atom. The van der Waals surface area contributed by atoms with Crippen molar-refractivity contribution >= 4 is 22.6 Å². The van der Waals surface area contributed by atoms with Gasteiger partial charge in [-0.25, -0.2) is 4.79 Å². The Bertz CT molecular complexity index is 534. The number of hydrogen-bond acceptors (Lipinski definition) is 2. The molecule has 0 aliphatic carbocycles. The molecule has 1 heterocycles. The Hall–Kier alpha value is -0.590. The highest BCUT2D eigenvalue weighted by Gasteiger charge is 2.08. The second-order valence-electron chi connectivity index (χ2n) is 5.53. The van der Waals surface area contributed by atoms with Gasteiger partial charge in [-0.2, -0.15) is 0 Å². The van der Waals surface area contributed by atoms with E-state index in [1.54, 1.807) is 10.8 Å². The summed E-state index contributed by atoms with van der Waals surface area (Å²) in [4.78, 5) is 24.4. The minimum atomic E-state index is -0.159. The number of aromatic nitrogens is 2. The van der Waals surface area contributed by atoms with Crippen LogP contribution >= 0.6 is 22.6 Å². The van der Waals surface area contributed by atoms with Crippen molar-refractivity contribution < 1.29 is 0 Å². The van der Waals surface area contributed by atoms with Crippen LogP contribution in [0.1, 0.15) is 65.2 Å². The second kappa shape index (κ2) is 10.2. The highest BCUT2D eigenvalue weighted by molar-refractivity contribution is 14.1. The van der Waals surface area contributed by atoms with Gasteiger partial charge in [-0.15, -0.1) is 0 Å². The van der Waals surface area contributed by atoms with Crippen molar-refractivity contribution in [1.29, 1.82) is 0 Å². The Morgan fingerprint density at radius 2 is 1.52 bits per heavy atom. The van der Waals surface area contributed by atoms with Crippen LogP contribution in [0.15, 0.2) is 15.8 Å². The smallest absolute Gasteiger partial charge is 0.299 e. The predicted octanol–water partition coefficient (Wildman–Crippen LogP) is 3.78. The average molecular weight is 406 g/mol. The Labute approximate surface area is 140 Å². The van der Waals surface area contributed by atoms with Crippen molar-refractivity contribution in [2.75, 3.05) is 0 Å². The molecule has 0 aliphatic rings. The van der Waals surface area contributed by atoms with Crippen molar-refractivity contribution in [3.8, 4) is 0 Å². The summed E-state index contributed by atoms with van der Waals surface area (Å²) < 4.78 is 3.69. The SMILES string of the molecule is CCCCCCCCCn1c(=O)c(I)cn(CCC)c1=O. The van der Waals surface area contributed by atoms with E-state index >= 15 is 0 Å². The van der Waals surface area contributed by atoms with Crippen LogP contribution < -0.4 is 11.2 Å². The van der Waals surface area contributed by atoms with Gasteiger partial charge >= 0.3 is 5.69 Å². The van der Waals surface area contributed by atoms with Crippen LogP contribution in [-0.2, 0) is 13.1 Å². The molecule has 0 fully saturated rings. The standard InChI is InChI=1S/C16H27IN2O2/c1-3-5-6-7-8-9-10-12-19-15(20)14(17)13-18(11-4-2)16(19)21/h13H,3-12H2,1-2H3. The fraction of sp³-hybridized carbons (Fsp3) is 0.750. The van der Waals surface area contributed by atoms with Gasteiger partial charge in [-0.3, -0.25) is 13.9 Å². The summed E-state index contributed by atoms with van der Waals surface area (Å²) in [6.45, 7) is 5.47. The molecule has 0 bridgehead atoms. The van der Waals surface area contributed by atoms with Crippen LogP contribution in [0.3, 0.4) is 0 Å². The molecule has 0 saturated carbocycles. The summed E-state index contributed by atoms with van der Waals surface area (Å²) in [5.74, 6) is 0. The lowest BCUT2D eigenvalue weighted by molar-refractivity contribution is 0.500. The number of aryl methyl sites for hydroxylation is 1. The zero-order chi connectivity index (χ0) is 15.7. The molecule has 0 unspecified atom stereocenters. The third-order valence-corrected chi connectivity index (χ3v) is 4.38.